The van der Waals surface area contributed by atoms with Crippen LogP contribution in [-0.2, 0) is 11.2 Å². The van der Waals surface area contributed by atoms with Gasteiger partial charge in [-0.25, -0.2) is 9.59 Å². The first-order valence-corrected chi connectivity index (χ1v) is 7.96. The van der Waals surface area contributed by atoms with E-state index < -0.39 is 5.97 Å². The molecule has 0 bridgehead atoms. The molecule has 25 heavy (non-hydrogen) atoms. The van der Waals surface area contributed by atoms with Gasteiger partial charge in [0.05, 0.1) is 12.2 Å². The molecule has 0 aromatic heterocycles. The number of hydrogen-bond acceptors (Lipinski definition) is 3. The Morgan fingerprint density at radius 3 is 2.44 bits per heavy atom. The van der Waals surface area contributed by atoms with E-state index in [-0.39, 0.29) is 6.03 Å². The van der Waals surface area contributed by atoms with Gasteiger partial charge >= 0.3 is 12.0 Å². The number of ether oxygens (including phenoxy) is 1. The molecule has 0 heterocycles. The first-order chi connectivity index (χ1) is 12.1. The highest BCUT2D eigenvalue weighted by Gasteiger charge is 2.08. The summed E-state index contributed by atoms with van der Waals surface area (Å²) in [5, 5.41) is 5.44. The summed E-state index contributed by atoms with van der Waals surface area (Å²) in [6, 6.07) is 13.7. The Labute approximate surface area is 147 Å². The second kappa shape index (κ2) is 9.14. The third-order valence-electron chi connectivity index (χ3n) is 3.31. The van der Waals surface area contributed by atoms with Crippen molar-refractivity contribution in [3.05, 3.63) is 59.7 Å². The summed E-state index contributed by atoms with van der Waals surface area (Å²) in [6.07, 6.45) is 0.684. The molecule has 0 fully saturated rings. The monoisotopic (exact) mass is 336 g/mol. The van der Waals surface area contributed by atoms with E-state index in [9.17, 15) is 9.59 Å². The van der Waals surface area contributed by atoms with Crippen LogP contribution in [0.5, 0.6) is 0 Å². The van der Waals surface area contributed by atoms with Crippen LogP contribution in [0.25, 0.3) is 0 Å². The van der Waals surface area contributed by atoms with E-state index in [1.165, 1.54) is 0 Å². The number of nitrogens with one attached hydrogen (secondary N) is 2. The molecule has 0 aliphatic carbocycles. The molecular formula is C20H20N2O3. The molecule has 0 saturated heterocycles. The smallest absolute Gasteiger partial charge is 0.338 e. The maximum Gasteiger partial charge on any atom is 0.338 e. The largest absolute Gasteiger partial charge is 0.462 e. The second-order valence-electron chi connectivity index (χ2n) is 5.18. The Kier molecular flexibility index (Phi) is 6.61. The molecule has 0 aliphatic rings. The van der Waals surface area contributed by atoms with Gasteiger partial charge in [0.2, 0.25) is 0 Å². The van der Waals surface area contributed by atoms with Gasteiger partial charge in [-0.15, -0.1) is 5.92 Å². The molecule has 0 atom stereocenters. The number of esters is 1. The van der Waals surface area contributed by atoms with Gasteiger partial charge in [-0.05, 0) is 49.7 Å². The highest BCUT2D eigenvalue weighted by Crippen LogP contribution is 2.14. The first-order valence-electron chi connectivity index (χ1n) is 7.96. The maximum absolute atomic E-state index is 12.1. The van der Waals surface area contributed by atoms with Gasteiger partial charge in [-0.2, -0.15) is 0 Å². The molecule has 0 unspecified atom stereocenters. The van der Waals surface area contributed by atoms with Gasteiger partial charge in [0, 0.05) is 17.8 Å². The molecule has 2 amide bonds. The minimum atomic E-state index is -0.419. The van der Waals surface area contributed by atoms with Crippen LogP contribution in [0.1, 0.15) is 29.8 Å². The molecule has 0 aliphatic heterocycles. The molecule has 0 spiro atoms. The van der Waals surface area contributed by atoms with Crippen molar-refractivity contribution in [3.8, 4) is 11.8 Å². The third kappa shape index (κ3) is 5.70. The van der Waals surface area contributed by atoms with Gasteiger partial charge in [-0.3, -0.25) is 0 Å². The minimum absolute atomic E-state index is 0.302. The van der Waals surface area contributed by atoms with Gasteiger partial charge in [-0.1, -0.05) is 24.1 Å². The first kappa shape index (κ1) is 18.1. The van der Waals surface area contributed by atoms with E-state index >= 15 is 0 Å². The average molecular weight is 336 g/mol. The zero-order chi connectivity index (χ0) is 18.1. The Morgan fingerprint density at radius 1 is 1.04 bits per heavy atom. The van der Waals surface area contributed by atoms with Crippen molar-refractivity contribution in [2.24, 2.45) is 0 Å². The summed E-state index contributed by atoms with van der Waals surface area (Å²) in [7, 11) is 0. The van der Waals surface area contributed by atoms with E-state index in [1.807, 2.05) is 24.3 Å². The quantitative estimate of drug-likeness (QED) is 0.639. The lowest BCUT2D eigenvalue weighted by Crippen LogP contribution is -2.19. The summed E-state index contributed by atoms with van der Waals surface area (Å²) >= 11 is 0. The second-order valence-corrected chi connectivity index (χ2v) is 5.18. The van der Waals surface area contributed by atoms with Crippen molar-refractivity contribution in [2.45, 2.75) is 20.3 Å². The minimum Gasteiger partial charge on any atom is -0.462 e. The molecule has 5 nitrogen and oxygen atoms in total. The predicted molar refractivity (Wildman–Crippen MR) is 98.6 cm³/mol. The van der Waals surface area contributed by atoms with Gasteiger partial charge < -0.3 is 15.4 Å². The number of urea groups is 1. The van der Waals surface area contributed by atoms with Crippen molar-refractivity contribution >= 4 is 23.4 Å². The van der Waals surface area contributed by atoms with E-state index in [4.69, 9.17) is 4.74 Å². The highest BCUT2D eigenvalue weighted by atomic mass is 16.5. The lowest BCUT2D eigenvalue weighted by atomic mass is 10.1. The van der Waals surface area contributed by atoms with E-state index in [0.29, 0.717) is 30.0 Å². The van der Waals surface area contributed by atoms with Crippen molar-refractivity contribution < 1.29 is 14.3 Å². The van der Waals surface area contributed by atoms with Crippen LogP contribution in [0.3, 0.4) is 0 Å². The molecule has 5 heteroatoms. The number of rotatable bonds is 5. The lowest BCUT2D eigenvalue weighted by molar-refractivity contribution is 0.0526. The van der Waals surface area contributed by atoms with Crippen LogP contribution in [-0.4, -0.2) is 18.6 Å². The fraction of sp³-hybridized carbons (Fsp3) is 0.200. The Morgan fingerprint density at radius 2 is 1.76 bits per heavy atom. The average Bonchev–Trinajstić information content (AvgIpc) is 2.61. The van der Waals surface area contributed by atoms with Crippen molar-refractivity contribution in [2.75, 3.05) is 17.2 Å². The molecule has 0 saturated carbocycles. The zero-order valence-corrected chi connectivity index (χ0v) is 14.3. The summed E-state index contributed by atoms with van der Waals surface area (Å²) < 4.78 is 4.95. The number of hydrogen-bond donors (Lipinski definition) is 2. The van der Waals surface area contributed by atoms with Crippen LogP contribution in [0.2, 0.25) is 0 Å². The summed E-state index contributed by atoms with van der Waals surface area (Å²) in [4.78, 5) is 23.8. The number of amides is 2. The highest BCUT2D eigenvalue weighted by molar-refractivity contribution is 6.00. The summed E-state index contributed by atoms with van der Waals surface area (Å²) in [6.45, 7) is 3.85. The van der Waals surface area contributed by atoms with Gasteiger partial charge in [0.25, 0.3) is 0 Å². The van der Waals surface area contributed by atoms with E-state index in [0.717, 1.165) is 5.56 Å². The normalized spacial score (nSPS) is 9.52. The lowest BCUT2D eigenvalue weighted by Gasteiger charge is -2.09. The van der Waals surface area contributed by atoms with E-state index in [2.05, 4.69) is 22.5 Å². The predicted octanol–water partition coefficient (Wildman–Crippen LogP) is 4.07. The SMILES string of the molecule is CC#CCc1ccc(NC(=O)Nc2cccc(C(=O)OCC)c2)cc1. The van der Waals surface area contributed by atoms with Crippen LogP contribution in [0.15, 0.2) is 48.5 Å². The van der Waals surface area contributed by atoms with Crippen LogP contribution in [0, 0.1) is 11.8 Å². The Hall–Kier alpha value is -3.26. The Balaban J connectivity index is 1.96. The molecule has 128 valence electrons. The number of carbonyl (C=O) groups is 2. The molecule has 0 radical (unpaired) electrons. The molecule has 2 rings (SSSR count). The maximum atomic E-state index is 12.1. The fourth-order valence-corrected chi connectivity index (χ4v) is 2.13. The fourth-order valence-electron chi connectivity index (χ4n) is 2.13. The zero-order valence-electron chi connectivity index (χ0n) is 14.3. The molecule has 2 aromatic rings. The molecule has 2 N–H and O–H groups in total. The van der Waals surface area contributed by atoms with Crippen LogP contribution < -0.4 is 10.6 Å². The van der Waals surface area contributed by atoms with Gasteiger partial charge in [0.1, 0.15) is 0 Å². The number of anilines is 2. The van der Waals surface area contributed by atoms with Crippen molar-refractivity contribution in [1.29, 1.82) is 0 Å². The molecule has 2 aromatic carbocycles. The van der Waals surface area contributed by atoms with E-state index in [1.54, 1.807) is 38.1 Å². The number of benzene rings is 2. The summed E-state index contributed by atoms with van der Waals surface area (Å²) in [5.41, 5.74) is 2.66. The van der Waals surface area contributed by atoms with Crippen LogP contribution >= 0.6 is 0 Å². The molecular weight excluding hydrogens is 316 g/mol. The van der Waals surface area contributed by atoms with Crippen LogP contribution in [0.4, 0.5) is 16.2 Å². The number of carbonyl (C=O) groups excluding carboxylic acids is 2. The van der Waals surface area contributed by atoms with Crippen molar-refractivity contribution in [3.63, 3.8) is 0 Å². The van der Waals surface area contributed by atoms with Gasteiger partial charge in [0.15, 0.2) is 0 Å². The third-order valence-corrected chi connectivity index (χ3v) is 3.31. The Bertz CT molecular complexity index is 802. The topological polar surface area (TPSA) is 67.4 Å². The standard InChI is InChI=1S/C20H20N2O3/c1-3-5-7-15-10-12-17(13-11-15)21-20(24)22-18-9-6-8-16(14-18)19(23)25-4-2/h6,8-14H,4,7H2,1-2H3,(H2,21,22,24). The van der Waals surface area contributed by atoms with Crippen molar-refractivity contribution in [1.82, 2.24) is 0 Å². The summed E-state index contributed by atoms with van der Waals surface area (Å²) in [5.74, 6) is 5.42.